The summed E-state index contributed by atoms with van der Waals surface area (Å²) in [5.41, 5.74) is 1.53. The van der Waals surface area contributed by atoms with Crippen molar-refractivity contribution in [3.05, 3.63) is 33.9 Å². The fourth-order valence-corrected chi connectivity index (χ4v) is 0.942. The molecule has 0 unspecified atom stereocenters. The molecule has 2 nitrogen and oxygen atoms in total. The summed E-state index contributed by atoms with van der Waals surface area (Å²) in [5, 5.41) is 0. The van der Waals surface area contributed by atoms with E-state index in [1.54, 1.807) is 6.92 Å². The smallest absolute Gasteiger partial charge is 0.191 e. The lowest BCUT2D eigenvalue weighted by Crippen LogP contribution is -2.11. The van der Waals surface area contributed by atoms with Gasteiger partial charge in [-0.1, -0.05) is 13.8 Å². The fraction of sp³-hybridized carbons (Fsp3) is 0.444. The van der Waals surface area contributed by atoms with E-state index in [1.165, 1.54) is 12.5 Å². The summed E-state index contributed by atoms with van der Waals surface area (Å²) in [6.07, 6.45) is 3.01. The molecular formula is C9H12O2. The summed E-state index contributed by atoms with van der Waals surface area (Å²) in [7, 11) is 0. The van der Waals surface area contributed by atoms with Crippen molar-refractivity contribution in [3.8, 4) is 0 Å². The predicted octanol–water partition coefficient (Wildman–Crippen LogP) is 2.07. The first kappa shape index (κ1) is 8.05. The first-order valence-corrected chi connectivity index (χ1v) is 3.70. The quantitative estimate of drug-likeness (QED) is 0.616. The Morgan fingerprint density at radius 1 is 1.36 bits per heavy atom. The molecule has 60 valence electrons. The normalized spacial score (nSPS) is 10.5. The zero-order valence-corrected chi connectivity index (χ0v) is 7.05. The lowest BCUT2D eigenvalue weighted by atomic mass is 10.0. The monoisotopic (exact) mass is 152 g/mol. The third kappa shape index (κ3) is 1.50. The molecule has 0 N–H and O–H groups in total. The lowest BCUT2D eigenvalue weighted by Gasteiger charge is -2.02. The van der Waals surface area contributed by atoms with Crippen molar-refractivity contribution in [2.45, 2.75) is 26.7 Å². The summed E-state index contributed by atoms with van der Waals surface area (Å²) in [4.78, 5) is 11.4. The molecule has 0 atom stereocenters. The molecule has 0 saturated heterocycles. The molecule has 1 aromatic heterocycles. The van der Waals surface area contributed by atoms with Crippen molar-refractivity contribution in [2.24, 2.45) is 0 Å². The van der Waals surface area contributed by atoms with Gasteiger partial charge in [-0.3, -0.25) is 4.79 Å². The van der Waals surface area contributed by atoms with Gasteiger partial charge < -0.3 is 4.42 Å². The Morgan fingerprint density at radius 2 is 2.00 bits per heavy atom. The lowest BCUT2D eigenvalue weighted by molar-refractivity contribution is 0.530. The molecule has 0 aliphatic rings. The average Bonchev–Trinajstić information content (AvgIpc) is 1.94. The maximum atomic E-state index is 11.4. The zero-order chi connectivity index (χ0) is 8.43. The summed E-state index contributed by atoms with van der Waals surface area (Å²) < 4.78 is 4.98. The maximum absolute atomic E-state index is 11.4. The third-order valence-electron chi connectivity index (χ3n) is 1.68. The molecule has 0 radical (unpaired) electrons. The Balaban J connectivity index is 3.28. The van der Waals surface area contributed by atoms with Gasteiger partial charge in [0, 0.05) is 11.1 Å². The molecule has 0 amide bonds. The first-order valence-electron chi connectivity index (χ1n) is 3.70. The van der Waals surface area contributed by atoms with E-state index in [2.05, 4.69) is 0 Å². The van der Waals surface area contributed by atoms with E-state index in [9.17, 15) is 4.79 Å². The molecule has 1 aromatic rings. The molecule has 0 aliphatic carbocycles. The Hall–Kier alpha value is -1.05. The third-order valence-corrected chi connectivity index (χ3v) is 1.68. The van der Waals surface area contributed by atoms with Crippen LogP contribution in [0.2, 0.25) is 0 Å². The van der Waals surface area contributed by atoms with E-state index in [0.29, 0.717) is 5.56 Å². The van der Waals surface area contributed by atoms with E-state index in [4.69, 9.17) is 4.42 Å². The highest BCUT2D eigenvalue weighted by Crippen LogP contribution is 2.08. The minimum absolute atomic E-state index is 0.103. The van der Waals surface area contributed by atoms with E-state index < -0.39 is 0 Å². The van der Waals surface area contributed by atoms with Gasteiger partial charge in [0.15, 0.2) is 5.43 Å². The number of hydrogen-bond donors (Lipinski definition) is 0. The molecule has 0 aliphatic heterocycles. The number of aryl methyl sites for hydroxylation is 1. The van der Waals surface area contributed by atoms with Crippen LogP contribution in [0.1, 0.15) is 30.9 Å². The summed E-state index contributed by atoms with van der Waals surface area (Å²) in [5.74, 6) is 0.242. The zero-order valence-electron chi connectivity index (χ0n) is 7.05. The number of hydrogen-bond acceptors (Lipinski definition) is 2. The second-order valence-corrected chi connectivity index (χ2v) is 2.99. The standard InChI is InChI=1S/C9H12O2/c1-6(2)8-5-11-4-7(3)9(8)10/h4-6H,1-3H3. The Labute approximate surface area is 65.9 Å². The van der Waals surface area contributed by atoms with Crippen LogP contribution < -0.4 is 5.43 Å². The molecule has 0 aromatic carbocycles. The van der Waals surface area contributed by atoms with Crippen molar-refractivity contribution in [1.29, 1.82) is 0 Å². The SMILES string of the molecule is Cc1cocc(C(C)C)c1=O. The highest BCUT2D eigenvalue weighted by Gasteiger charge is 2.05. The van der Waals surface area contributed by atoms with Crippen LogP contribution in [0.25, 0.3) is 0 Å². The summed E-state index contributed by atoms with van der Waals surface area (Å²) >= 11 is 0. The topological polar surface area (TPSA) is 30.2 Å². The largest absolute Gasteiger partial charge is 0.472 e. The van der Waals surface area contributed by atoms with Crippen molar-refractivity contribution in [2.75, 3.05) is 0 Å². The molecule has 11 heavy (non-hydrogen) atoms. The second-order valence-electron chi connectivity index (χ2n) is 2.99. The van der Waals surface area contributed by atoms with Gasteiger partial charge in [0.05, 0.1) is 12.5 Å². The molecule has 1 rings (SSSR count). The summed E-state index contributed by atoms with van der Waals surface area (Å²) in [6.45, 7) is 5.72. The Morgan fingerprint density at radius 3 is 2.45 bits per heavy atom. The van der Waals surface area contributed by atoms with Gasteiger partial charge in [-0.05, 0) is 12.8 Å². The van der Waals surface area contributed by atoms with Crippen molar-refractivity contribution in [3.63, 3.8) is 0 Å². The Kier molecular flexibility index (Phi) is 2.13. The maximum Gasteiger partial charge on any atom is 0.191 e. The Bertz CT molecular complexity index is 297. The van der Waals surface area contributed by atoms with Crippen LogP contribution in [0, 0.1) is 6.92 Å². The van der Waals surface area contributed by atoms with Crippen LogP contribution >= 0.6 is 0 Å². The highest BCUT2D eigenvalue weighted by molar-refractivity contribution is 5.17. The van der Waals surface area contributed by atoms with Crippen molar-refractivity contribution < 1.29 is 4.42 Å². The van der Waals surface area contributed by atoms with Gasteiger partial charge in [0.2, 0.25) is 0 Å². The highest BCUT2D eigenvalue weighted by atomic mass is 16.3. The molecular weight excluding hydrogens is 140 g/mol. The minimum atomic E-state index is 0.103. The second kappa shape index (κ2) is 2.91. The molecule has 0 spiro atoms. The molecule has 2 heteroatoms. The van der Waals surface area contributed by atoms with Gasteiger partial charge in [-0.25, -0.2) is 0 Å². The van der Waals surface area contributed by atoms with Gasteiger partial charge in [0.25, 0.3) is 0 Å². The van der Waals surface area contributed by atoms with Crippen LogP contribution in [0.15, 0.2) is 21.7 Å². The molecule has 0 bridgehead atoms. The molecule has 1 heterocycles. The van der Waals surface area contributed by atoms with Gasteiger partial charge >= 0.3 is 0 Å². The van der Waals surface area contributed by atoms with E-state index in [-0.39, 0.29) is 11.3 Å². The van der Waals surface area contributed by atoms with Gasteiger partial charge in [-0.15, -0.1) is 0 Å². The van der Waals surface area contributed by atoms with Crippen LogP contribution in [-0.4, -0.2) is 0 Å². The van der Waals surface area contributed by atoms with Crippen LogP contribution in [0.3, 0.4) is 0 Å². The van der Waals surface area contributed by atoms with Gasteiger partial charge in [0.1, 0.15) is 0 Å². The van der Waals surface area contributed by atoms with E-state index >= 15 is 0 Å². The van der Waals surface area contributed by atoms with Crippen LogP contribution in [0.5, 0.6) is 0 Å². The predicted molar refractivity (Wildman–Crippen MR) is 43.8 cm³/mol. The average molecular weight is 152 g/mol. The van der Waals surface area contributed by atoms with E-state index in [1.807, 2.05) is 13.8 Å². The molecule has 0 fully saturated rings. The summed E-state index contributed by atoms with van der Waals surface area (Å²) in [6, 6.07) is 0. The molecule has 0 saturated carbocycles. The van der Waals surface area contributed by atoms with Gasteiger partial charge in [-0.2, -0.15) is 0 Å². The van der Waals surface area contributed by atoms with E-state index in [0.717, 1.165) is 5.56 Å². The fourth-order valence-electron chi connectivity index (χ4n) is 0.942. The van der Waals surface area contributed by atoms with Crippen molar-refractivity contribution >= 4 is 0 Å². The van der Waals surface area contributed by atoms with Crippen LogP contribution in [0.4, 0.5) is 0 Å². The first-order chi connectivity index (χ1) is 5.13. The minimum Gasteiger partial charge on any atom is -0.472 e. The number of rotatable bonds is 1. The van der Waals surface area contributed by atoms with Crippen molar-refractivity contribution in [1.82, 2.24) is 0 Å². The van der Waals surface area contributed by atoms with Crippen LogP contribution in [-0.2, 0) is 0 Å².